The fraction of sp³-hybridized carbons (Fsp3) is 0.222. The fourth-order valence-electron chi connectivity index (χ4n) is 1.15. The fourth-order valence-corrected chi connectivity index (χ4v) is 1.15. The number of rotatable bonds is 2. The third-order valence-electron chi connectivity index (χ3n) is 1.71. The monoisotopic (exact) mass is 148 g/mol. The molecule has 1 aromatic rings. The van der Waals surface area contributed by atoms with Crippen LogP contribution in [0.1, 0.15) is 11.1 Å². The minimum Gasteiger partial charge on any atom is -0.387 e. The van der Waals surface area contributed by atoms with Crippen molar-refractivity contribution in [3.05, 3.63) is 29.3 Å². The van der Waals surface area contributed by atoms with Crippen LogP contribution in [0.25, 0.3) is 0 Å². The molecule has 0 radical (unpaired) electrons. The van der Waals surface area contributed by atoms with E-state index in [1.165, 1.54) is 11.8 Å². The third kappa shape index (κ3) is 1.40. The predicted octanol–water partition coefficient (Wildman–Crippen LogP) is 2.03. The van der Waals surface area contributed by atoms with E-state index in [2.05, 4.69) is 5.32 Å². The second-order valence-corrected chi connectivity index (χ2v) is 2.43. The second kappa shape index (κ2) is 3.19. The van der Waals surface area contributed by atoms with E-state index >= 15 is 0 Å². The van der Waals surface area contributed by atoms with Gasteiger partial charge in [-0.1, -0.05) is 18.2 Å². The summed E-state index contributed by atoms with van der Waals surface area (Å²) in [5, 5.41) is 10.2. The molecule has 0 spiro atoms. The van der Waals surface area contributed by atoms with Crippen molar-refractivity contribution in [1.82, 2.24) is 0 Å². The van der Waals surface area contributed by atoms with Crippen LogP contribution in [0.3, 0.4) is 0 Å². The van der Waals surface area contributed by atoms with Gasteiger partial charge >= 0.3 is 0 Å². The first-order valence-corrected chi connectivity index (χ1v) is 3.57. The van der Waals surface area contributed by atoms with E-state index in [4.69, 9.17) is 5.41 Å². The lowest BCUT2D eigenvalue weighted by molar-refractivity contribution is 1.39. The number of hydrogen-bond donors (Lipinski definition) is 2. The molecule has 0 aliphatic rings. The van der Waals surface area contributed by atoms with E-state index in [0.717, 1.165) is 11.3 Å². The molecule has 0 aliphatic carbocycles. The zero-order chi connectivity index (χ0) is 8.27. The lowest BCUT2D eigenvalue weighted by Crippen LogP contribution is -1.96. The van der Waals surface area contributed by atoms with Crippen molar-refractivity contribution in [3.63, 3.8) is 0 Å². The normalized spacial score (nSPS) is 9.27. The Labute approximate surface area is 66.8 Å². The lowest BCUT2D eigenvalue weighted by Gasteiger charge is -2.07. The molecule has 58 valence electrons. The number of hydrogen-bond acceptors (Lipinski definition) is 2. The van der Waals surface area contributed by atoms with Gasteiger partial charge < -0.3 is 10.7 Å². The van der Waals surface area contributed by atoms with Gasteiger partial charge in [0.25, 0.3) is 0 Å². The molecule has 2 nitrogen and oxygen atoms in total. The van der Waals surface area contributed by atoms with Gasteiger partial charge in [0.15, 0.2) is 0 Å². The van der Waals surface area contributed by atoms with Gasteiger partial charge in [-0.15, -0.1) is 0 Å². The second-order valence-electron chi connectivity index (χ2n) is 2.43. The molecule has 2 N–H and O–H groups in total. The highest BCUT2D eigenvalue weighted by Gasteiger charge is 1.98. The van der Waals surface area contributed by atoms with Crippen molar-refractivity contribution in [2.75, 3.05) is 12.4 Å². The molecular weight excluding hydrogens is 136 g/mol. The first kappa shape index (κ1) is 7.79. The van der Waals surface area contributed by atoms with Crippen LogP contribution >= 0.6 is 0 Å². The Morgan fingerprint density at radius 3 is 2.64 bits per heavy atom. The van der Waals surface area contributed by atoms with Gasteiger partial charge in [0.05, 0.1) is 0 Å². The SMILES string of the molecule is CNc1c(C)cccc1C=N. The summed E-state index contributed by atoms with van der Waals surface area (Å²) in [5.41, 5.74) is 3.16. The Morgan fingerprint density at radius 1 is 1.45 bits per heavy atom. The third-order valence-corrected chi connectivity index (χ3v) is 1.71. The molecule has 0 saturated heterocycles. The average molecular weight is 148 g/mol. The van der Waals surface area contributed by atoms with E-state index in [1.54, 1.807) is 0 Å². The van der Waals surface area contributed by atoms with Gasteiger partial charge in [0.2, 0.25) is 0 Å². The molecule has 0 amide bonds. The first-order valence-electron chi connectivity index (χ1n) is 3.57. The highest BCUT2D eigenvalue weighted by Crippen LogP contribution is 2.17. The van der Waals surface area contributed by atoms with Crippen molar-refractivity contribution in [2.45, 2.75) is 6.92 Å². The van der Waals surface area contributed by atoms with Gasteiger partial charge in [0, 0.05) is 24.5 Å². The smallest absolute Gasteiger partial charge is 0.0456 e. The number of anilines is 1. The topological polar surface area (TPSA) is 35.9 Å². The molecule has 1 aromatic carbocycles. The van der Waals surface area contributed by atoms with Crippen LogP contribution in [-0.4, -0.2) is 13.3 Å². The van der Waals surface area contributed by atoms with Crippen LogP contribution in [0.5, 0.6) is 0 Å². The lowest BCUT2D eigenvalue weighted by atomic mass is 10.1. The van der Waals surface area contributed by atoms with Crippen molar-refractivity contribution in [1.29, 1.82) is 5.41 Å². The number of para-hydroxylation sites is 1. The maximum absolute atomic E-state index is 7.12. The molecule has 0 bridgehead atoms. The van der Waals surface area contributed by atoms with Crippen molar-refractivity contribution in [2.24, 2.45) is 0 Å². The summed E-state index contributed by atoms with van der Waals surface area (Å²) >= 11 is 0. The van der Waals surface area contributed by atoms with Crippen LogP contribution in [0.4, 0.5) is 5.69 Å². The van der Waals surface area contributed by atoms with Gasteiger partial charge in [-0.3, -0.25) is 0 Å². The number of aryl methyl sites for hydroxylation is 1. The zero-order valence-corrected chi connectivity index (χ0v) is 6.81. The number of benzene rings is 1. The summed E-state index contributed by atoms with van der Waals surface area (Å²) in [6.07, 6.45) is 1.36. The van der Waals surface area contributed by atoms with Crippen LogP contribution in [0, 0.1) is 12.3 Å². The van der Waals surface area contributed by atoms with Gasteiger partial charge in [-0.25, -0.2) is 0 Å². The predicted molar refractivity (Wildman–Crippen MR) is 48.6 cm³/mol. The standard InChI is InChI=1S/C9H12N2/c1-7-4-3-5-8(6-10)9(7)11-2/h3-6,10-11H,1-2H3. The summed E-state index contributed by atoms with van der Waals surface area (Å²) < 4.78 is 0. The Hall–Kier alpha value is -1.31. The maximum atomic E-state index is 7.12. The quantitative estimate of drug-likeness (QED) is 0.618. The average Bonchev–Trinajstić information content (AvgIpc) is 2.04. The van der Waals surface area contributed by atoms with Crippen LogP contribution < -0.4 is 5.32 Å². The first-order chi connectivity index (χ1) is 5.29. The zero-order valence-electron chi connectivity index (χ0n) is 6.81. The molecule has 0 fully saturated rings. The van der Waals surface area contributed by atoms with Gasteiger partial charge in [0.1, 0.15) is 0 Å². The molecule has 0 heterocycles. The van der Waals surface area contributed by atoms with E-state index < -0.39 is 0 Å². The molecular formula is C9H12N2. The van der Waals surface area contributed by atoms with E-state index in [1.807, 2.05) is 32.2 Å². The summed E-state index contributed by atoms with van der Waals surface area (Å²) in [4.78, 5) is 0. The van der Waals surface area contributed by atoms with E-state index in [-0.39, 0.29) is 0 Å². The van der Waals surface area contributed by atoms with Crippen LogP contribution in [-0.2, 0) is 0 Å². The highest BCUT2D eigenvalue weighted by atomic mass is 14.8. The van der Waals surface area contributed by atoms with Gasteiger partial charge in [-0.05, 0) is 12.5 Å². The molecule has 0 aromatic heterocycles. The largest absolute Gasteiger partial charge is 0.387 e. The van der Waals surface area contributed by atoms with Crippen molar-refractivity contribution in [3.8, 4) is 0 Å². The Morgan fingerprint density at radius 2 is 2.18 bits per heavy atom. The summed E-state index contributed by atoms with van der Waals surface area (Å²) in [6, 6.07) is 5.90. The summed E-state index contributed by atoms with van der Waals surface area (Å²) in [6.45, 7) is 2.03. The Bertz CT molecular complexity index is 266. The summed E-state index contributed by atoms with van der Waals surface area (Å²) in [5.74, 6) is 0. The Kier molecular flexibility index (Phi) is 2.26. The highest BCUT2D eigenvalue weighted by molar-refractivity contribution is 5.86. The molecule has 11 heavy (non-hydrogen) atoms. The molecule has 0 saturated carbocycles. The molecule has 2 heteroatoms. The minimum absolute atomic E-state index is 0.938. The van der Waals surface area contributed by atoms with Gasteiger partial charge in [-0.2, -0.15) is 0 Å². The molecule has 0 atom stereocenters. The maximum Gasteiger partial charge on any atom is 0.0456 e. The molecule has 0 aliphatic heterocycles. The van der Waals surface area contributed by atoms with Crippen LogP contribution in [0.2, 0.25) is 0 Å². The summed E-state index contributed by atoms with van der Waals surface area (Å²) in [7, 11) is 1.87. The van der Waals surface area contributed by atoms with E-state index in [0.29, 0.717) is 0 Å². The molecule has 0 unspecified atom stereocenters. The van der Waals surface area contributed by atoms with Crippen molar-refractivity contribution < 1.29 is 0 Å². The minimum atomic E-state index is 0.938. The van der Waals surface area contributed by atoms with Crippen LogP contribution in [0.15, 0.2) is 18.2 Å². The van der Waals surface area contributed by atoms with E-state index in [9.17, 15) is 0 Å². The molecule has 1 rings (SSSR count). The Balaban J connectivity index is 3.23. The number of nitrogens with one attached hydrogen (secondary N) is 2. The van der Waals surface area contributed by atoms with Crippen molar-refractivity contribution >= 4 is 11.9 Å².